The number of benzene rings is 3. The number of methoxy groups -OCH3 is 1. The molecule has 3 aliphatic heterocycles. The highest BCUT2D eigenvalue weighted by Crippen LogP contribution is 2.37. The Kier molecular flexibility index (Phi) is 10.9. The molecule has 8 rings (SSSR count). The van der Waals surface area contributed by atoms with Crippen molar-refractivity contribution in [1.29, 1.82) is 0 Å². The van der Waals surface area contributed by atoms with Gasteiger partial charge in [0.05, 0.1) is 49.1 Å². The molecule has 3 aliphatic rings. The van der Waals surface area contributed by atoms with Gasteiger partial charge in [0, 0.05) is 25.3 Å². The number of alkyl carbamates (subject to hydrolysis) is 1. The first-order valence-corrected chi connectivity index (χ1v) is 19.9. The third kappa shape index (κ3) is 7.81. The molecule has 0 aliphatic carbocycles. The maximum absolute atomic E-state index is 13.7. The Bertz CT molecular complexity index is 2200. The number of likely N-dealkylation sites (tertiary alicyclic amines) is 1. The largest absolute Gasteiger partial charge is 0.453 e. The Morgan fingerprint density at radius 2 is 1.53 bits per heavy atom. The number of fused-ring (bicyclic) bond motifs is 4. The number of carbonyl (C=O) groups excluding carboxylic acids is 3. The van der Waals surface area contributed by atoms with Crippen molar-refractivity contribution in [2.24, 2.45) is 0 Å². The first-order chi connectivity index (χ1) is 27.7. The SMILES string of the molecule is COC(=O)N[C@H]1CCCCOCc2[nH]c(nc2-c2ccc(-c3ccc(-c4cnc([C@@H]5CCCN5C(=O)[C@@](C)(O)c5ccccc5)[nH]4)cc3)cc2)[C@@H]2CCCN2C1=O. The van der Waals surface area contributed by atoms with E-state index < -0.39 is 17.7 Å². The zero-order chi connectivity index (χ0) is 39.5. The van der Waals surface area contributed by atoms with Gasteiger partial charge < -0.3 is 39.7 Å². The van der Waals surface area contributed by atoms with Crippen LogP contribution in [-0.2, 0) is 31.3 Å². The first kappa shape index (κ1) is 38.1. The van der Waals surface area contributed by atoms with E-state index in [4.69, 9.17) is 14.5 Å². The van der Waals surface area contributed by atoms with Crippen LogP contribution in [0.3, 0.4) is 0 Å². The average molecular weight is 772 g/mol. The summed E-state index contributed by atoms with van der Waals surface area (Å²) in [5, 5.41) is 14.0. The number of nitrogens with one attached hydrogen (secondary N) is 3. The number of nitrogens with zero attached hydrogens (tertiary/aromatic N) is 4. The van der Waals surface area contributed by atoms with Gasteiger partial charge in [-0.15, -0.1) is 0 Å². The zero-order valence-corrected chi connectivity index (χ0v) is 32.4. The standard InChI is InChI=1S/C44H49N7O6/c1-44(55,32-10-4-3-5-11-32)42(53)51-24-9-13-36(51)39-45-26-34(46-39)30-19-15-28(16-20-30)29-17-21-31(22-18-29)38-35-27-57-25-7-6-12-33(48-43(54)56-2)41(52)50-23-8-14-37(50)40(47-35)49-38/h3-5,10-11,15-22,26,33,36-37,55H,6-9,12-14,23-25,27H2,1-2H3,(H,45,46)(H,47,49)(H,48,54)/t33-,36-,37-,44-/m0/s1. The third-order valence-corrected chi connectivity index (χ3v) is 11.6. The van der Waals surface area contributed by atoms with Gasteiger partial charge in [0.25, 0.3) is 5.91 Å². The number of aromatic nitrogens is 4. The summed E-state index contributed by atoms with van der Waals surface area (Å²) in [6, 6.07) is 24.5. The van der Waals surface area contributed by atoms with Crippen LogP contribution >= 0.6 is 0 Å². The minimum absolute atomic E-state index is 0.118. The molecule has 2 fully saturated rings. The molecule has 0 saturated carbocycles. The van der Waals surface area contributed by atoms with Crippen LogP contribution in [0.1, 0.15) is 86.9 Å². The minimum Gasteiger partial charge on any atom is -0.453 e. The van der Waals surface area contributed by atoms with E-state index in [2.05, 4.69) is 68.8 Å². The average Bonchev–Trinajstić information content (AvgIpc) is 4.08. The molecule has 57 heavy (non-hydrogen) atoms. The molecular weight excluding hydrogens is 723 g/mol. The van der Waals surface area contributed by atoms with Crippen molar-refractivity contribution in [3.8, 4) is 33.6 Å². The number of carbonyl (C=O) groups is 3. The van der Waals surface area contributed by atoms with Gasteiger partial charge in [-0.3, -0.25) is 9.59 Å². The van der Waals surface area contributed by atoms with Crippen molar-refractivity contribution >= 4 is 17.9 Å². The van der Waals surface area contributed by atoms with Crippen LogP contribution in [-0.4, -0.2) is 85.6 Å². The van der Waals surface area contributed by atoms with E-state index in [-0.39, 0.29) is 23.9 Å². The lowest BCUT2D eigenvalue weighted by Crippen LogP contribution is -2.48. The maximum atomic E-state index is 13.7. The van der Waals surface area contributed by atoms with Gasteiger partial charge >= 0.3 is 6.09 Å². The molecule has 13 heteroatoms. The fourth-order valence-corrected chi connectivity index (χ4v) is 8.41. The Hall–Kier alpha value is -5.79. The fraction of sp³-hybridized carbons (Fsp3) is 0.386. The molecule has 5 heterocycles. The molecule has 0 radical (unpaired) electrons. The molecule has 3 aromatic carbocycles. The second kappa shape index (κ2) is 16.4. The molecular formula is C44H49N7O6. The van der Waals surface area contributed by atoms with E-state index in [0.717, 1.165) is 83.7 Å². The highest BCUT2D eigenvalue weighted by Gasteiger charge is 2.42. The summed E-state index contributed by atoms with van der Waals surface area (Å²) in [4.78, 5) is 59.7. The van der Waals surface area contributed by atoms with Crippen molar-refractivity contribution < 1.29 is 29.0 Å². The Morgan fingerprint density at radius 3 is 2.26 bits per heavy atom. The number of ether oxygens (including phenoxy) is 2. The molecule has 4 atom stereocenters. The van der Waals surface area contributed by atoms with Gasteiger partial charge in [0.1, 0.15) is 17.7 Å². The highest BCUT2D eigenvalue weighted by molar-refractivity contribution is 5.87. The quantitative estimate of drug-likeness (QED) is 0.140. The van der Waals surface area contributed by atoms with Crippen LogP contribution in [0.15, 0.2) is 85.1 Å². The lowest BCUT2D eigenvalue weighted by molar-refractivity contribution is -0.151. The van der Waals surface area contributed by atoms with Gasteiger partial charge in [0.15, 0.2) is 5.60 Å². The summed E-state index contributed by atoms with van der Waals surface area (Å²) in [6.45, 7) is 3.61. The molecule has 4 N–H and O–H groups in total. The van der Waals surface area contributed by atoms with E-state index in [9.17, 15) is 19.5 Å². The number of hydrogen-bond acceptors (Lipinski definition) is 8. The van der Waals surface area contributed by atoms with E-state index in [1.807, 2.05) is 23.1 Å². The number of rotatable bonds is 7. The van der Waals surface area contributed by atoms with Crippen molar-refractivity contribution in [1.82, 2.24) is 35.1 Å². The summed E-state index contributed by atoms with van der Waals surface area (Å²) in [6.07, 6.45) is 6.40. The smallest absolute Gasteiger partial charge is 0.407 e. The highest BCUT2D eigenvalue weighted by atomic mass is 16.5. The third-order valence-electron chi connectivity index (χ3n) is 11.6. The Morgan fingerprint density at radius 1 is 0.842 bits per heavy atom. The molecule has 3 amide bonds. The van der Waals surface area contributed by atoms with Gasteiger partial charge in [-0.1, -0.05) is 78.9 Å². The molecule has 0 unspecified atom stereocenters. The first-order valence-electron chi connectivity index (χ1n) is 19.9. The van der Waals surface area contributed by atoms with Crippen molar-refractivity contribution in [3.63, 3.8) is 0 Å². The van der Waals surface area contributed by atoms with Crippen LogP contribution in [0, 0.1) is 0 Å². The molecule has 5 aromatic rings. The normalized spacial score (nSPS) is 21.2. The van der Waals surface area contributed by atoms with E-state index >= 15 is 0 Å². The predicted octanol–water partition coefficient (Wildman–Crippen LogP) is 6.79. The van der Waals surface area contributed by atoms with Gasteiger partial charge in [-0.2, -0.15) is 0 Å². The van der Waals surface area contributed by atoms with Crippen LogP contribution in [0.2, 0.25) is 0 Å². The number of aromatic amines is 2. The van der Waals surface area contributed by atoms with E-state index in [1.54, 1.807) is 30.2 Å². The fourth-order valence-electron chi connectivity index (χ4n) is 8.41. The second-order valence-electron chi connectivity index (χ2n) is 15.3. The number of hydrogen-bond donors (Lipinski definition) is 4. The molecule has 2 aromatic heterocycles. The molecule has 2 bridgehead atoms. The predicted molar refractivity (Wildman–Crippen MR) is 213 cm³/mol. The lowest BCUT2D eigenvalue weighted by Gasteiger charge is -2.31. The number of amides is 3. The van der Waals surface area contributed by atoms with Gasteiger partial charge in [-0.25, -0.2) is 14.8 Å². The summed E-state index contributed by atoms with van der Waals surface area (Å²) < 4.78 is 10.9. The molecule has 296 valence electrons. The number of imidazole rings is 2. The Labute approximate surface area is 331 Å². The summed E-state index contributed by atoms with van der Waals surface area (Å²) in [5.74, 6) is 0.987. The van der Waals surface area contributed by atoms with Crippen molar-refractivity contribution in [2.75, 3.05) is 26.8 Å². The summed E-state index contributed by atoms with van der Waals surface area (Å²) >= 11 is 0. The molecule has 0 spiro atoms. The molecule has 2 saturated heterocycles. The van der Waals surface area contributed by atoms with Gasteiger partial charge in [-0.05, 0) is 74.1 Å². The lowest BCUT2D eigenvalue weighted by atomic mass is 9.94. The van der Waals surface area contributed by atoms with Crippen LogP contribution in [0.4, 0.5) is 4.79 Å². The van der Waals surface area contributed by atoms with Crippen molar-refractivity contribution in [3.05, 3.63) is 108 Å². The van der Waals surface area contributed by atoms with Crippen LogP contribution < -0.4 is 5.32 Å². The van der Waals surface area contributed by atoms with Gasteiger partial charge in [0.2, 0.25) is 5.91 Å². The van der Waals surface area contributed by atoms with Crippen LogP contribution in [0.5, 0.6) is 0 Å². The zero-order valence-electron chi connectivity index (χ0n) is 32.4. The maximum Gasteiger partial charge on any atom is 0.407 e. The Balaban J connectivity index is 0.973. The van der Waals surface area contributed by atoms with Crippen molar-refractivity contribution in [2.45, 2.75) is 82.2 Å². The van der Waals surface area contributed by atoms with E-state index in [1.165, 1.54) is 7.11 Å². The van der Waals surface area contributed by atoms with Crippen LogP contribution in [0.25, 0.3) is 33.6 Å². The topological polar surface area (TPSA) is 166 Å². The second-order valence-corrected chi connectivity index (χ2v) is 15.3. The minimum atomic E-state index is -1.63. The van der Waals surface area contributed by atoms with E-state index in [0.29, 0.717) is 44.1 Å². The summed E-state index contributed by atoms with van der Waals surface area (Å²) in [7, 11) is 1.30. The monoisotopic (exact) mass is 771 g/mol. The molecule has 13 nitrogen and oxygen atoms in total. The number of H-pyrrole nitrogens is 2. The summed E-state index contributed by atoms with van der Waals surface area (Å²) in [5.41, 5.74) is 5.48. The number of aliphatic hydroxyl groups is 1.